The Morgan fingerprint density at radius 3 is 2.23 bits per heavy atom. The molecule has 0 heterocycles. The summed E-state index contributed by atoms with van der Waals surface area (Å²) in [7, 11) is 0. The Morgan fingerprint density at radius 1 is 0.923 bits per heavy atom. The summed E-state index contributed by atoms with van der Waals surface area (Å²) in [4.78, 5) is 0. The third kappa shape index (κ3) is 11.8. The van der Waals surface area contributed by atoms with Crippen molar-refractivity contribution in [3.05, 3.63) is 24.3 Å². The van der Waals surface area contributed by atoms with Crippen molar-refractivity contribution in [2.24, 2.45) is 0 Å². The second kappa shape index (κ2) is 11.8. The van der Waals surface area contributed by atoms with Crippen molar-refractivity contribution in [3.63, 3.8) is 0 Å². The molecule has 13 heavy (non-hydrogen) atoms. The summed E-state index contributed by atoms with van der Waals surface area (Å²) in [5, 5.41) is 0. The molecule has 0 nitrogen and oxygen atoms in total. The Morgan fingerprint density at radius 2 is 1.62 bits per heavy atom. The van der Waals surface area contributed by atoms with Crippen LogP contribution in [0.5, 0.6) is 0 Å². The smallest absolute Gasteiger partial charge is 0.00633 e. The summed E-state index contributed by atoms with van der Waals surface area (Å²) >= 11 is 4.13. The molecule has 0 aromatic heterocycles. The quantitative estimate of drug-likeness (QED) is 0.334. The number of allylic oxidation sites excluding steroid dienone is 4. The lowest BCUT2D eigenvalue weighted by Gasteiger charge is -1.90. The standard InChI is InChI=1S/C12H22S/c1-2-3-4-5-6-7-8-9-10-11-12-13/h6-7,9-10,13H,2-5,8,11-12H2,1H3. The molecule has 0 aliphatic heterocycles. The lowest BCUT2D eigenvalue weighted by molar-refractivity contribution is 0.728. The van der Waals surface area contributed by atoms with Gasteiger partial charge < -0.3 is 0 Å². The van der Waals surface area contributed by atoms with Crippen molar-refractivity contribution >= 4 is 12.6 Å². The fourth-order valence-electron chi connectivity index (χ4n) is 1.09. The largest absolute Gasteiger partial charge is 0.179 e. The molecule has 0 aliphatic rings. The number of thiol groups is 1. The molecule has 76 valence electrons. The van der Waals surface area contributed by atoms with Crippen LogP contribution in [0.2, 0.25) is 0 Å². The summed E-state index contributed by atoms with van der Waals surface area (Å²) in [6.07, 6.45) is 16.4. The molecule has 0 aliphatic carbocycles. The number of hydrogen-bond acceptors (Lipinski definition) is 1. The maximum atomic E-state index is 4.13. The highest BCUT2D eigenvalue weighted by molar-refractivity contribution is 7.80. The molecule has 0 atom stereocenters. The van der Waals surface area contributed by atoms with Gasteiger partial charge in [-0.05, 0) is 31.4 Å². The maximum Gasteiger partial charge on any atom is -0.00633 e. The molecule has 0 unspecified atom stereocenters. The second-order valence-electron chi connectivity index (χ2n) is 3.19. The summed E-state index contributed by atoms with van der Waals surface area (Å²) in [5.74, 6) is 0.955. The van der Waals surface area contributed by atoms with Gasteiger partial charge in [0.25, 0.3) is 0 Å². The summed E-state index contributed by atoms with van der Waals surface area (Å²) in [6, 6.07) is 0. The van der Waals surface area contributed by atoms with Crippen LogP contribution in [0, 0.1) is 0 Å². The minimum atomic E-state index is 0.955. The summed E-state index contributed by atoms with van der Waals surface area (Å²) in [6.45, 7) is 2.24. The second-order valence-corrected chi connectivity index (χ2v) is 3.63. The van der Waals surface area contributed by atoms with Gasteiger partial charge in [0.2, 0.25) is 0 Å². The molecule has 0 aromatic rings. The van der Waals surface area contributed by atoms with E-state index in [9.17, 15) is 0 Å². The molecule has 0 saturated carbocycles. The van der Waals surface area contributed by atoms with Gasteiger partial charge in [0.15, 0.2) is 0 Å². The molecule has 0 radical (unpaired) electrons. The minimum absolute atomic E-state index is 0.955. The van der Waals surface area contributed by atoms with Crippen LogP contribution in [-0.4, -0.2) is 5.75 Å². The SMILES string of the molecule is CCCCCC=CCC=CCCS. The first kappa shape index (κ1) is 12.8. The third-order valence-electron chi connectivity index (χ3n) is 1.88. The highest BCUT2D eigenvalue weighted by Gasteiger charge is 1.80. The van der Waals surface area contributed by atoms with Crippen LogP contribution in [0.3, 0.4) is 0 Å². The first-order valence-electron chi connectivity index (χ1n) is 5.32. The first-order valence-corrected chi connectivity index (χ1v) is 5.96. The molecular weight excluding hydrogens is 176 g/mol. The molecule has 0 N–H and O–H groups in total. The maximum absolute atomic E-state index is 4.13. The normalized spacial score (nSPS) is 11.8. The van der Waals surface area contributed by atoms with E-state index in [4.69, 9.17) is 0 Å². The van der Waals surface area contributed by atoms with Gasteiger partial charge in [-0.25, -0.2) is 0 Å². The third-order valence-corrected chi connectivity index (χ3v) is 2.13. The number of unbranched alkanes of at least 4 members (excludes halogenated alkanes) is 3. The van der Waals surface area contributed by atoms with Crippen molar-refractivity contribution < 1.29 is 0 Å². The molecule has 0 aromatic carbocycles. The molecule has 0 fully saturated rings. The van der Waals surface area contributed by atoms with Crippen molar-refractivity contribution in [2.45, 2.75) is 45.4 Å². The molecule has 0 rings (SSSR count). The van der Waals surface area contributed by atoms with E-state index in [1.54, 1.807) is 0 Å². The van der Waals surface area contributed by atoms with Crippen LogP contribution in [0.4, 0.5) is 0 Å². The van der Waals surface area contributed by atoms with Gasteiger partial charge in [-0.15, -0.1) is 0 Å². The van der Waals surface area contributed by atoms with Crippen molar-refractivity contribution in [3.8, 4) is 0 Å². The zero-order valence-electron chi connectivity index (χ0n) is 8.71. The lowest BCUT2D eigenvalue weighted by Crippen LogP contribution is -1.70. The van der Waals surface area contributed by atoms with Gasteiger partial charge in [0, 0.05) is 0 Å². The van der Waals surface area contributed by atoms with Crippen molar-refractivity contribution in [1.29, 1.82) is 0 Å². The van der Waals surface area contributed by atoms with E-state index in [1.807, 2.05) is 0 Å². The molecule has 0 bridgehead atoms. The highest BCUT2D eigenvalue weighted by Crippen LogP contribution is 2.00. The summed E-state index contributed by atoms with van der Waals surface area (Å²) < 4.78 is 0. The van der Waals surface area contributed by atoms with E-state index >= 15 is 0 Å². The zero-order chi connectivity index (χ0) is 9.78. The minimum Gasteiger partial charge on any atom is -0.179 e. The Hall–Kier alpha value is -0.170. The van der Waals surface area contributed by atoms with Gasteiger partial charge in [0.1, 0.15) is 0 Å². The van der Waals surface area contributed by atoms with E-state index in [0.29, 0.717) is 0 Å². The van der Waals surface area contributed by atoms with Crippen LogP contribution in [-0.2, 0) is 0 Å². The van der Waals surface area contributed by atoms with E-state index in [2.05, 4.69) is 43.9 Å². The Kier molecular flexibility index (Phi) is 11.7. The Balaban J connectivity index is 3.11. The van der Waals surface area contributed by atoms with Crippen molar-refractivity contribution in [1.82, 2.24) is 0 Å². The van der Waals surface area contributed by atoms with E-state index < -0.39 is 0 Å². The van der Waals surface area contributed by atoms with Crippen LogP contribution >= 0.6 is 12.6 Å². The van der Waals surface area contributed by atoms with Gasteiger partial charge in [0.05, 0.1) is 0 Å². The Labute approximate surface area is 88.5 Å². The first-order chi connectivity index (χ1) is 6.41. The van der Waals surface area contributed by atoms with Crippen LogP contribution in [0.1, 0.15) is 45.4 Å². The fraction of sp³-hybridized carbons (Fsp3) is 0.667. The van der Waals surface area contributed by atoms with Gasteiger partial charge >= 0.3 is 0 Å². The van der Waals surface area contributed by atoms with Gasteiger partial charge in [-0.3, -0.25) is 0 Å². The van der Waals surface area contributed by atoms with Crippen molar-refractivity contribution in [2.75, 3.05) is 5.75 Å². The fourth-order valence-corrected chi connectivity index (χ4v) is 1.24. The topological polar surface area (TPSA) is 0 Å². The average Bonchev–Trinajstić information content (AvgIpc) is 2.16. The van der Waals surface area contributed by atoms with Gasteiger partial charge in [-0.1, -0.05) is 44.1 Å². The van der Waals surface area contributed by atoms with Crippen LogP contribution in [0.15, 0.2) is 24.3 Å². The molecule has 0 amide bonds. The van der Waals surface area contributed by atoms with Gasteiger partial charge in [-0.2, -0.15) is 12.6 Å². The van der Waals surface area contributed by atoms with E-state index in [0.717, 1.165) is 18.6 Å². The van der Waals surface area contributed by atoms with Crippen LogP contribution < -0.4 is 0 Å². The van der Waals surface area contributed by atoms with Crippen LogP contribution in [0.25, 0.3) is 0 Å². The molecule has 0 saturated heterocycles. The monoisotopic (exact) mass is 198 g/mol. The number of hydrogen-bond donors (Lipinski definition) is 1. The highest BCUT2D eigenvalue weighted by atomic mass is 32.1. The summed E-state index contributed by atoms with van der Waals surface area (Å²) in [5.41, 5.74) is 0. The molecule has 1 heteroatoms. The lowest BCUT2D eigenvalue weighted by atomic mass is 10.2. The average molecular weight is 198 g/mol. The molecule has 0 spiro atoms. The predicted octanol–water partition coefficient (Wildman–Crippen LogP) is 4.39. The van der Waals surface area contributed by atoms with E-state index in [-0.39, 0.29) is 0 Å². The Bertz CT molecular complexity index is 136. The van der Waals surface area contributed by atoms with E-state index in [1.165, 1.54) is 25.7 Å². The zero-order valence-corrected chi connectivity index (χ0v) is 9.60. The molecular formula is C12H22S. The number of rotatable bonds is 8. The predicted molar refractivity (Wildman–Crippen MR) is 65.5 cm³/mol.